The molecule has 0 bridgehead atoms. The lowest BCUT2D eigenvalue weighted by molar-refractivity contribution is -0.385. The third kappa shape index (κ3) is 3.98. The fourth-order valence-corrected chi connectivity index (χ4v) is 2.72. The van der Waals surface area contributed by atoms with Crippen LogP contribution in [0.1, 0.15) is 18.4 Å². The zero-order valence-corrected chi connectivity index (χ0v) is 11.6. The lowest BCUT2D eigenvalue weighted by Gasteiger charge is -2.29. The van der Waals surface area contributed by atoms with Gasteiger partial charge < -0.3 is 10.2 Å². The summed E-state index contributed by atoms with van der Waals surface area (Å²) >= 11 is 0. The van der Waals surface area contributed by atoms with E-state index in [1.54, 1.807) is 0 Å². The second-order valence-electron chi connectivity index (χ2n) is 5.43. The second kappa shape index (κ2) is 6.76. The van der Waals surface area contributed by atoms with Crippen molar-refractivity contribution in [3.63, 3.8) is 0 Å². The lowest BCUT2D eigenvalue weighted by atomic mass is 9.98. The highest BCUT2D eigenvalue weighted by Gasteiger charge is 2.18. The number of nitrogens with one attached hydrogen (secondary N) is 1. The predicted octanol–water partition coefficient (Wildman–Crippen LogP) is 2.17. The van der Waals surface area contributed by atoms with Gasteiger partial charge in [0, 0.05) is 24.7 Å². The van der Waals surface area contributed by atoms with Gasteiger partial charge in [-0.3, -0.25) is 10.1 Å². The van der Waals surface area contributed by atoms with Crippen molar-refractivity contribution in [2.45, 2.75) is 19.4 Å². The van der Waals surface area contributed by atoms with E-state index in [-0.39, 0.29) is 5.69 Å². The molecular weight excluding hydrogens is 261 g/mol. The molecule has 1 saturated heterocycles. The van der Waals surface area contributed by atoms with Gasteiger partial charge in [-0.1, -0.05) is 0 Å². The maximum Gasteiger partial charge on any atom is 0.274 e. The summed E-state index contributed by atoms with van der Waals surface area (Å²) in [5.41, 5.74) is 0.374. The Morgan fingerprint density at radius 1 is 1.55 bits per heavy atom. The minimum Gasteiger partial charge on any atom is -0.312 e. The van der Waals surface area contributed by atoms with Crippen LogP contribution in [0.25, 0.3) is 0 Å². The average molecular weight is 281 g/mol. The van der Waals surface area contributed by atoms with Crippen molar-refractivity contribution < 1.29 is 9.31 Å². The van der Waals surface area contributed by atoms with E-state index in [1.165, 1.54) is 25.0 Å². The number of halogens is 1. The number of piperidine rings is 1. The third-order valence-corrected chi connectivity index (χ3v) is 3.71. The molecule has 1 aliphatic rings. The number of benzene rings is 1. The monoisotopic (exact) mass is 281 g/mol. The molecule has 1 unspecified atom stereocenters. The first-order valence-corrected chi connectivity index (χ1v) is 6.88. The number of rotatable bonds is 5. The summed E-state index contributed by atoms with van der Waals surface area (Å²) in [6.45, 7) is 3.30. The number of nitro benzene ring substituents is 1. The topological polar surface area (TPSA) is 58.4 Å². The van der Waals surface area contributed by atoms with E-state index in [0.29, 0.717) is 18.0 Å². The smallest absolute Gasteiger partial charge is 0.274 e. The van der Waals surface area contributed by atoms with Gasteiger partial charge in [0.05, 0.1) is 4.92 Å². The van der Waals surface area contributed by atoms with Crippen LogP contribution in [0.2, 0.25) is 0 Å². The van der Waals surface area contributed by atoms with Crippen molar-refractivity contribution in [2.24, 2.45) is 5.92 Å². The van der Waals surface area contributed by atoms with Gasteiger partial charge in [-0.05, 0) is 51.0 Å². The van der Waals surface area contributed by atoms with Crippen molar-refractivity contribution in [3.8, 4) is 0 Å². The van der Waals surface area contributed by atoms with Crippen LogP contribution in [-0.2, 0) is 6.54 Å². The van der Waals surface area contributed by atoms with E-state index < -0.39 is 10.7 Å². The molecular formula is C14H20FN3O2. The Balaban J connectivity index is 1.90. The quantitative estimate of drug-likeness (QED) is 0.664. The minimum atomic E-state index is -0.467. The highest BCUT2D eigenvalue weighted by molar-refractivity contribution is 5.40. The van der Waals surface area contributed by atoms with Crippen LogP contribution < -0.4 is 5.32 Å². The van der Waals surface area contributed by atoms with Crippen molar-refractivity contribution in [2.75, 3.05) is 26.7 Å². The van der Waals surface area contributed by atoms with Gasteiger partial charge in [0.1, 0.15) is 5.82 Å². The summed E-state index contributed by atoms with van der Waals surface area (Å²) in [6, 6.07) is 3.58. The molecule has 0 radical (unpaired) electrons. The molecule has 0 saturated carbocycles. The van der Waals surface area contributed by atoms with Crippen LogP contribution in [0.15, 0.2) is 18.2 Å². The summed E-state index contributed by atoms with van der Waals surface area (Å²) in [7, 11) is 2.10. The van der Waals surface area contributed by atoms with Crippen molar-refractivity contribution in [1.82, 2.24) is 10.2 Å². The molecule has 6 heteroatoms. The highest BCUT2D eigenvalue weighted by atomic mass is 19.1. The standard InChI is InChI=1S/C14H20FN3O2/c1-17-6-2-3-11(10-17)8-16-9-12-7-13(15)4-5-14(12)18(19)20/h4-5,7,11,16H,2-3,6,8-10H2,1H3. The van der Waals surface area contributed by atoms with Gasteiger partial charge in [0.15, 0.2) is 0 Å². The Morgan fingerprint density at radius 2 is 2.35 bits per heavy atom. The fourth-order valence-electron chi connectivity index (χ4n) is 2.72. The molecule has 0 spiro atoms. The molecule has 2 rings (SSSR count). The van der Waals surface area contributed by atoms with Crippen LogP contribution in [-0.4, -0.2) is 36.5 Å². The summed E-state index contributed by atoms with van der Waals surface area (Å²) in [5, 5.41) is 14.1. The van der Waals surface area contributed by atoms with E-state index in [1.807, 2.05) is 0 Å². The van der Waals surface area contributed by atoms with Crippen LogP contribution in [0.3, 0.4) is 0 Å². The molecule has 1 N–H and O–H groups in total. The van der Waals surface area contributed by atoms with Gasteiger partial charge >= 0.3 is 0 Å². The zero-order valence-electron chi connectivity index (χ0n) is 11.6. The van der Waals surface area contributed by atoms with Crippen molar-refractivity contribution in [1.29, 1.82) is 0 Å². The van der Waals surface area contributed by atoms with Crippen LogP contribution in [0, 0.1) is 21.8 Å². The molecule has 20 heavy (non-hydrogen) atoms. The van der Waals surface area contributed by atoms with Gasteiger partial charge in [-0.25, -0.2) is 4.39 Å². The number of likely N-dealkylation sites (tertiary alicyclic amines) is 1. The maximum atomic E-state index is 13.2. The summed E-state index contributed by atoms with van der Waals surface area (Å²) in [6.07, 6.45) is 2.35. The van der Waals surface area contributed by atoms with Crippen LogP contribution in [0.5, 0.6) is 0 Å². The van der Waals surface area contributed by atoms with Gasteiger partial charge in [0.2, 0.25) is 0 Å². The molecule has 0 aromatic heterocycles. The number of hydrogen-bond acceptors (Lipinski definition) is 4. The number of nitro groups is 1. The second-order valence-corrected chi connectivity index (χ2v) is 5.43. The summed E-state index contributed by atoms with van der Waals surface area (Å²) in [4.78, 5) is 12.7. The van der Waals surface area contributed by atoms with Crippen molar-refractivity contribution >= 4 is 5.69 Å². The van der Waals surface area contributed by atoms with E-state index in [4.69, 9.17) is 0 Å². The first kappa shape index (κ1) is 14.9. The predicted molar refractivity (Wildman–Crippen MR) is 75.0 cm³/mol. The average Bonchev–Trinajstić information content (AvgIpc) is 2.38. The number of hydrogen-bond donors (Lipinski definition) is 1. The molecule has 1 aromatic rings. The molecule has 1 heterocycles. The van der Waals surface area contributed by atoms with Crippen LogP contribution >= 0.6 is 0 Å². The van der Waals surface area contributed by atoms with Gasteiger partial charge in [-0.15, -0.1) is 0 Å². The number of nitrogens with zero attached hydrogens (tertiary/aromatic N) is 2. The summed E-state index contributed by atoms with van der Waals surface area (Å²) < 4.78 is 13.2. The zero-order chi connectivity index (χ0) is 14.5. The highest BCUT2D eigenvalue weighted by Crippen LogP contribution is 2.20. The molecule has 1 aliphatic heterocycles. The molecule has 1 fully saturated rings. The fraction of sp³-hybridized carbons (Fsp3) is 0.571. The Labute approximate surface area is 117 Å². The first-order valence-electron chi connectivity index (χ1n) is 6.88. The van der Waals surface area contributed by atoms with E-state index in [9.17, 15) is 14.5 Å². The Hall–Kier alpha value is -1.53. The summed E-state index contributed by atoms with van der Waals surface area (Å²) in [5.74, 6) is 0.117. The van der Waals surface area contributed by atoms with Crippen LogP contribution in [0.4, 0.5) is 10.1 Å². The van der Waals surface area contributed by atoms with Crippen molar-refractivity contribution in [3.05, 3.63) is 39.7 Å². The molecule has 0 amide bonds. The van der Waals surface area contributed by atoms with Gasteiger partial charge in [-0.2, -0.15) is 0 Å². The Bertz CT molecular complexity index is 481. The Morgan fingerprint density at radius 3 is 3.05 bits per heavy atom. The molecule has 1 aromatic carbocycles. The normalized spacial score (nSPS) is 20.0. The lowest BCUT2D eigenvalue weighted by Crippen LogP contribution is -2.37. The third-order valence-electron chi connectivity index (χ3n) is 3.71. The van der Waals surface area contributed by atoms with Gasteiger partial charge in [0.25, 0.3) is 5.69 Å². The van der Waals surface area contributed by atoms with E-state index in [2.05, 4.69) is 17.3 Å². The molecule has 0 aliphatic carbocycles. The minimum absolute atomic E-state index is 0.0281. The van der Waals surface area contributed by atoms with E-state index in [0.717, 1.165) is 25.7 Å². The largest absolute Gasteiger partial charge is 0.312 e. The first-order chi connectivity index (χ1) is 9.56. The molecule has 1 atom stereocenters. The SMILES string of the molecule is CN1CCCC(CNCc2cc(F)ccc2[N+](=O)[O-])C1. The van der Waals surface area contributed by atoms with E-state index >= 15 is 0 Å². The molecule has 5 nitrogen and oxygen atoms in total. The molecule has 110 valence electrons. The maximum absolute atomic E-state index is 13.2. The Kier molecular flexibility index (Phi) is 5.03.